The minimum absolute atomic E-state index is 0.0899. The van der Waals surface area contributed by atoms with Crippen LogP contribution in [0.4, 0.5) is 4.39 Å². The molecule has 3 aliphatic rings. The number of fused-ring (bicyclic) bond motifs is 2. The normalized spacial score (nSPS) is 21.3. The first-order chi connectivity index (χ1) is 17.4. The SMILES string of the molecule is Cn1cc2cc(CN3CCC(c4cc5c(cc4F)C(=O)N(C4CCC(=O)NC4=O)C5)CC3)ccc2n1. The Kier molecular flexibility index (Phi) is 5.59. The van der Waals surface area contributed by atoms with Gasteiger partial charge in [-0.3, -0.25) is 29.3 Å². The van der Waals surface area contributed by atoms with E-state index in [4.69, 9.17) is 0 Å². The number of benzene rings is 2. The standard InChI is InChI=1S/C27H28FN5O3/c1-31-14-19-10-16(2-3-23(19)30-31)13-32-8-6-17(7-9-32)20-11-18-15-33(27(36)21(18)12-22(20)28)24-4-5-25(34)29-26(24)35/h2-3,10-12,14,17,24H,4-9,13,15H2,1H3,(H,29,34,35). The molecular weight excluding hydrogens is 461 g/mol. The van der Waals surface area contributed by atoms with E-state index in [2.05, 4.69) is 33.5 Å². The second kappa shape index (κ2) is 8.81. The number of carbonyl (C=O) groups is 3. The van der Waals surface area contributed by atoms with Gasteiger partial charge < -0.3 is 4.90 Å². The second-order valence-corrected chi connectivity index (χ2v) is 10.2. The van der Waals surface area contributed by atoms with Gasteiger partial charge in [-0.25, -0.2) is 4.39 Å². The fourth-order valence-electron chi connectivity index (χ4n) is 5.88. The van der Waals surface area contributed by atoms with Gasteiger partial charge in [0.15, 0.2) is 0 Å². The molecule has 2 saturated heterocycles. The lowest BCUT2D eigenvalue weighted by Gasteiger charge is -2.32. The summed E-state index contributed by atoms with van der Waals surface area (Å²) < 4.78 is 17.0. The molecule has 2 aromatic carbocycles. The van der Waals surface area contributed by atoms with Gasteiger partial charge in [-0.1, -0.05) is 12.1 Å². The van der Waals surface area contributed by atoms with E-state index < -0.39 is 11.9 Å². The molecule has 3 amide bonds. The molecule has 0 aliphatic carbocycles. The molecule has 2 fully saturated rings. The number of halogens is 1. The van der Waals surface area contributed by atoms with Crippen molar-refractivity contribution < 1.29 is 18.8 Å². The molecule has 1 unspecified atom stereocenters. The van der Waals surface area contributed by atoms with Gasteiger partial charge >= 0.3 is 0 Å². The van der Waals surface area contributed by atoms with Crippen molar-refractivity contribution in [3.05, 3.63) is 64.6 Å². The van der Waals surface area contributed by atoms with Crippen LogP contribution in [0.15, 0.2) is 36.5 Å². The molecule has 3 aliphatic heterocycles. The zero-order valence-corrected chi connectivity index (χ0v) is 20.2. The Morgan fingerprint density at radius 1 is 1.08 bits per heavy atom. The Bertz CT molecular complexity index is 1390. The molecule has 6 rings (SSSR count). The van der Waals surface area contributed by atoms with E-state index >= 15 is 4.39 Å². The summed E-state index contributed by atoms with van der Waals surface area (Å²) in [6, 6.07) is 8.83. The Morgan fingerprint density at radius 2 is 1.89 bits per heavy atom. The van der Waals surface area contributed by atoms with Crippen LogP contribution in [0.3, 0.4) is 0 Å². The number of aryl methyl sites for hydroxylation is 1. The number of amides is 3. The number of rotatable bonds is 4. The predicted molar refractivity (Wildman–Crippen MR) is 130 cm³/mol. The summed E-state index contributed by atoms with van der Waals surface area (Å²) in [4.78, 5) is 40.6. The van der Waals surface area contributed by atoms with Crippen LogP contribution in [-0.2, 0) is 29.7 Å². The number of carbonyl (C=O) groups excluding carboxylic acids is 3. The molecule has 1 aromatic heterocycles. The molecule has 1 atom stereocenters. The van der Waals surface area contributed by atoms with Crippen molar-refractivity contribution in [2.75, 3.05) is 13.1 Å². The number of nitrogens with zero attached hydrogens (tertiary/aromatic N) is 4. The number of piperidine rings is 2. The van der Waals surface area contributed by atoms with Gasteiger partial charge in [0.2, 0.25) is 11.8 Å². The maximum Gasteiger partial charge on any atom is 0.255 e. The smallest absolute Gasteiger partial charge is 0.255 e. The quantitative estimate of drug-likeness (QED) is 0.570. The average Bonchev–Trinajstić information content (AvgIpc) is 3.37. The minimum atomic E-state index is -0.691. The Labute approximate surface area is 208 Å². The zero-order valence-electron chi connectivity index (χ0n) is 20.2. The van der Waals surface area contributed by atoms with Crippen LogP contribution in [0.1, 0.15) is 58.6 Å². The van der Waals surface area contributed by atoms with Gasteiger partial charge in [0.05, 0.1) is 5.52 Å². The van der Waals surface area contributed by atoms with E-state index in [1.54, 1.807) is 0 Å². The summed E-state index contributed by atoms with van der Waals surface area (Å²) in [7, 11) is 1.92. The third kappa shape index (κ3) is 4.07. The number of aromatic nitrogens is 2. The fraction of sp³-hybridized carbons (Fsp3) is 0.407. The van der Waals surface area contributed by atoms with Gasteiger partial charge in [-0.2, -0.15) is 5.10 Å². The second-order valence-electron chi connectivity index (χ2n) is 10.2. The van der Waals surface area contributed by atoms with Crippen LogP contribution in [-0.4, -0.2) is 56.4 Å². The number of imide groups is 1. The van der Waals surface area contributed by atoms with E-state index in [1.807, 2.05) is 24.0 Å². The molecule has 8 nitrogen and oxygen atoms in total. The third-order valence-corrected chi connectivity index (χ3v) is 7.76. The largest absolute Gasteiger partial charge is 0.322 e. The van der Waals surface area contributed by atoms with Crippen molar-refractivity contribution in [1.82, 2.24) is 24.9 Å². The number of likely N-dealkylation sites (tertiary alicyclic amines) is 1. The molecule has 0 spiro atoms. The summed E-state index contributed by atoms with van der Waals surface area (Å²) in [6.45, 7) is 2.85. The molecule has 1 N–H and O–H groups in total. The van der Waals surface area contributed by atoms with Crippen molar-refractivity contribution in [2.45, 2.75) is 50.7 Å². The minimum Gasteiger partial charge on any atom is -0.322 e. The fourth-order valence-corrected chi connectivity index (χ4v) is 5.88. The average molecular weight is 490 g/mol. The van der Waals surface area contributed by atoms with E-state index in [1.165, 1.54) is 16.5 Å². The summed E-state index contributed by atoms with van der Waals surface area (Å²) in [5.74, 6) is -1.38. The van der Waals surface area contributed by atoms with Gasteiger partial charge in [0.25, 0.3) is 5.91 Å². The molecule has 4 heterocycles. The van der Waals surface area contributed by atoms with Crippen molar-refractivity contribution in [1.29, 1.82) is 0 Å². The summed E-state index contributed by atoms with van der Waals surface area (Å²) in [6.07, 6.45) is 4.20. The van der Waals surface area contributed by atoms with Crippen molar-refractivity contribution in [2.24, 2.45) is 7.05 Å². The van der Waals surface area contributed by atoms with Crippen LogP contribution >= 0.6 is 0 Å². The van der Waals surface area contributed by atoms with E-state index in [-0.39, 0.29) is 36.5 Å². The van der Waals surface area contributed by atoms with Gasteiger partial charge in [0.1, 0.15) is 11.9 Å². The molecule has 186 valence electrons. The summed E-state index contributed by atoms with van der Waals surface area (Å²) >= 11 is 0. The Balaban J connectivity index is 1.13. The van der Waals surface area contributed by atoms with Gasteiger partial charge in [-0.05, 0) is 73.2 Å². The maximum atomic E-state index is 15.2. The highest BCUT2D eigenvalue weighted by atomic mass is 19.1. The van der Waals surface area contributed by atoms with Crippen molar-refractivity contribution in [3.8, 4) is 0 Å². The van der Waals surface area contributed by atoms with Crippen molar-refractivity contribution in [3.63, 3.8) is 0 Å². The molecule has 0 saturated carbocycles. The van der Waals surface area contributed by atoms with Crippen LogP contribution < -0.4 is 5.32 Å². The number of hydrogen-bond acceptors (Lipinski definition) is 5. The van der Waals surface area contributed by atoms with E-state index in [9.17, 15) is 14.4 Å². The van der Waals surface area contributed by atoms with Crippen LogP contribution in [0.25, 0.3) is 10.9 Å². The Morgan fingerprint density at radius 3 is 2.67 bits per heavy atom. The lowest BCUT2D eigenvalue weighted by atomic mass is 9.87. The number of hydrogen-bond donors (Lipinski definition) is 1. The summed E-state index contributed by atoms with van der Waals surface area (Å²) in [5, 5.41) is 7.87. The monoisotopic (exact) mass is 489 g/mol. The number of nitrogens with one attached hydrogen (secondary N) is 1. The van der Waals surface area contributed by atoms with Gasteiger partial charge in [-0.15, -0.1) is 0 Å². The summed E-state index contributed by atoms with van der Waals surface area (Å²) in [5.41, 5.74) is 3.96. The highest BCUT2D eigenvalue weighted by Crippen LogP contribution is 2.35. The molecule has 9 heteroatoms. The first-order valence-corrected chi connectivity index (χ1v) is 12.5. The highest BCUT2D eigenvalue weighted by Gasteiger charge is 2.40. The Hall–Kier alpha value is -3.59. The molecular formula is C27H28FN5O3. The maximum absolute atomic E-state index is 15.2. The zero-order chi connectivity index (χ0) is 25.0. The van der Waals surface area contributed by atoms with Gasteiger partial charge in [0, 0.05) is 43.7 Å². The van der Waals surface area contributed by atoms with E-state index in [0.717, 1.165) is 48.9 Å². The molecule has 0 radical (unpaired) electrons. The first kappa shape index (κ1) is 22.8. The lowest BCUT2D eigenvalue weighted by Crippen LogP contribution is -2.52. The third-order valence-electron chi connectivity index (χ3n) is 7.76. The van der Waals surface area contributed by atoms with Crippen LogP contribution in [0.2, 0.25) is 0 Å². The lowest BCUT2D eigenvalue weighted by molar-refractivity contribution is -0.136. The molecule has 36 heavy (non-hydrogen) atoms. The topological polar surface area (TPSA) is 87.5 Å². The molecule has 0 bridgehead atoms. The van der Waals surface area contributed by atoms with Crippen LogP contribution in [0.5, 0.6) is 0 Å². The highest BCUT2D eigenvalue weighted by molar-refractivity contribution is 6.05. The predicted octanol–water partition coefficient (Wildman–Crippen LogP) is 2.85. The van der Waals surface area contributed by atoms with Crippen LogP contribution in [0, 0.1) is 5.82 Å². The van der Waals surface area contributed by atoms with E-state index in [0.29, 0.717) is 17.5 Å². The van der Waals surface area contributed by atoms with Crippen molar-refractivity contribution >= 4 is 28.6 Å². The first-order valence-electron chi connectivity index (χ1n) is 12.5. The molecule has 3 aromatic rings.